The van der Waals surface area contributed by atoms with Gasteiger partial charge in [-0.3, -0.25) is 4.79 Å². The minimum absolute atomic E-state index is 0.0573. The van der Waals surface area contributed by atoms with Gasteiger partial charge in [-0.15, -0.1) is 11.3 Å². The molecule has 4 rings (SSSR count). The second-order valence-electron chi connectivity index (χ2n) is 5.83. The Bertz CT molecular complexity index is 836. The SMILES string of the molecule is O=C(NC1CCc2ccccc2C1)c1csc2ccccc12. The van der Waals surface area contributed by atoms with Crippen LogP contribution >= 0.6 is 11.3 Å². The Morgan fingerprint density at radius 3 is 2.73 bits per heavy atom. The van der Waals surface area contributed by atoms with E-state index in [1.807, 2.05) is 23.6 Å². The second-order valence-corrected chi connectivity index (χ2v) is 6.74. The summed E-state index contributed by atoms with van der Waals surface area (Å²) >= 11 is 1.63. The van der Waals surface area contributed by atoms with Crippen molar-refractivity contribution in [3.05, 3.63) is 70.6 Å². The summed E-state index contributed by atoms with van der Waals surface area (Å²) in [4.78, 5) is 12.6. The van der Waals surface area contributed by atoms with Crippen LogP contribution in [0.15, 0.2) is 53.9 Å². The molecule has 1 aliphatic rings. The zero-order chi connectivity index (χ0) is 14.9. The van der Waals surface area contributed by atoms with Crippen LogP contribution in [0.25, 0.3) is 10.1 Å². The molecular weight excluding hydrogens is 290 g/mol. The predicted molar refractivity (Wildman–Crippen MR) is 91.5 cm³/mol. The summed E-state index contributed by atoms with van der Waals surface area (Å²) in [6.07, 6.45) is 3.00. The molecule has 1 atom stereocenters. The number of hydrogen-bond donors (Lipinski definition) is 1. The van der Waals surface area contributed by atoms with Gasteiger partial charge in [0.2, 0.25) is 0 Å². The number of benzene rings is 2. The molecule has 1 aromatic heterocycles. The average Bonchev–Trinajstić information content (AvgIpc) is 2.99. The van der Waals surface area contributed by atoms with Crippen LogP contribution in [0.3, 0.4) is 0 Å². The van der Waals surface area contributed by atoms with Gasteiger partial charge in [0.05, 0.1) is 5.56 Å². The Balaban J connectivity index is 1.53. The molecule has 0 fully saturated rings. The molecule has 0 bridgehead atoms. The number of nitrogens with one attached hydrogen (secondary N) is 1. The molecular formula is C19H17NOS. The maximum atomic E-state index is 12.6. The average molecular weight is 307 g/mol. The normalized spacial score (nSPS) is 17.2. The summed E-state index contributed by atoms with van der Waals surface area (Å²) in [6, 6.07) is 16.9. The van der Waals surface area contributed by atoms with Crippen LogP contribution in [0, 0.1) is 0 Å². The van der Waals surface area contributed by atoms with Gasteiger partial charge in [-0.25, -0.2) is 0 Å². The van der Waals surface area contributed by atoms with Gasteiger partial charge in [0.15, 0.2) is 0 Å². The molecule has 0 spiro atoms. The van der Waals surface area contributed by atoms with Crippen molar-refractivity contribution >= 4 is 27.3 Å². The summed E-state index contributed by atoms with van der Waals surface area (Å²) in [6.45, 7) is 0. The highest BCUT2D eigenvalue weighted by atomic mass is 32.1. The topological polar surface area (TPSA) is 29.1 Å². The number of rotatable bonds is 2. The van der Waals surface area contributed by atoms with Crippen molar-refractivity contribution in [3.8, 4) is 0 Å². The van der Waals surface area contributed by atoms with Gasteiger partial charge >= 0.3 is 0 Å². The zero-order valence-electron chi connectivity index (χ0n) is 12.2. The van der Waals surface area contributed by atoms with Crippen molar-refractivity contribution in [1.82, 2.24) is 5.32 Å². The van der Waals surface area contributed by atoms with Gasteiger partial charge in [-0.05, 0) is 36.5 Å². The van der Waals surface area contributed by atoms with Crippen molar-refractivity contribution < 1.29 is 4.79 Å². The molecule has 22 heavy (non-hydrogen) atoms. The first-order valence-corrected chi connectivity index (χ1v) is 8.53. The molecule has 0 aliphatic heterocycles. The second kappa shape index (κ2) is 5.58. The number of hydrogen-bond acceptors (Lipinski definition) is 2. The Morgan fingerprint density at radius 2 is 1.82 bits per heavy atom. The first kappa shape index (κ1) is 13.5. The third-order valence-electron chi connectivity index (χ3n) is 4.41. The third-order valence-corrected chi connectivity index (χ3v) is 5.37. The third kappa shape index (κ3) is 2.42. The Morgan fingerprint density at radius 1 is 1.05 bits per heavy atom. The van der Waals surface area contributed by atoms with E-state index in [2.05, 4.69) is 35.6 Å². The van der Waals surface area contributed by atoms with Crippen molar-refractivity contribution in [2.45, 2.75) is 25.3 Å². The van der Waals surface area contributed by atoms with E-state index in [0.29, 0.717) is 0 Å². The fraction of sp³-hybridized carbons (Fsp3) is 0.211. The van der Waals surface area contributed by atoms with Gasteiger partial charge in [0, 0.05) is 21.5 Å². The highest BCUT2D eigenvalue weighted by Gasteiger charge is 2.21. The van der Waals surface area contributed by atoms with E-state index in [9.17, 15) is 4.79 Å². The molecule has 1 unspecified atom stereocenters. The lowest BCUT2D eigenvalue weighted by atomic mass is 9.88. The predicted octanol–water partition coefficient (Wildman–Crippen LogP) is 4.19. The molecule has 110 valence electrons. The van der Waals surface area contributed by atoms with E-state index >= 15 is 0 Å². The number of thiophene rings is 1. The fourth-order valence-corrected chi connectivity index (χ4v) is 4.18. The smallest absolute Gasteiger partial charge is 0.252 e. The fourth-order valence-electron chi connectivity index (χ4n) is 3.24. The molecule has 1 N–H and O–H groups in total. The van der Waals surface area contributed by atoms with Crippen molar-refractivity contribution in [3.63, 3.8) is 0 Å². The quantitative estimate of drug-likeness (QED) is 0.756. The molecule has 0 saturated heterocycles. The maximum Gasteiger partial charge on any atom is 0.252 e. The summed E-state index contributed by atoms with van der Waals surface area (Å²) < 4.78 is 1.17. The van der Waals surface area contributed by atoms with Gasteiger partial charge in [-0.1, -0.05) is 42.5 Å². The van der Waals surface area contributed by atoms with Crippen LogP contribution in [-0.4, -0.2) is 11.9 Å². The standard InChI is InChI=1S/C19H17NOS/c21-19(17-12-22-18-8-4-3-7-16(17)18)20-15-10-9-13-5-1-2-6-14(13)11-15/h1-8,12,15H,9-11H2,(H,20,21). The van der Waals surface area contributed by atoms with E-state index in [-0.39, 0.29) is 11.9 Å². The molecule has 1 aliphatic carbocycles. The Labute approximate surface area is 133 Å². The summed E-state index contributed by atoms with van der Waals surface area (Å²) in [5.41, 5.74) is 3.60. The van der Waals surface area contributed by atoms with Gasteiger partial charge in [0.25, 0.3) is 5.91 Å². The molecule has 0 saturated carbocycles. The minimum Gasteiger partial charge on any atom is -0.349 e. The summed E-state index contributed by atoms with van der Waals surface area (Å²) in [5.74, 6) is 0.0573. The van der Waals surface area contributed by atoms with Crippen LogP contribution in [-0.2, 0) is 12.8 Å². The Hall–Kier alpha value is -2.13. The van der Waals surface area contributed by atoms with E-state index in [1.165, 1.54) is 15.8 Å². The Kier molecular flexibility index (Phi) is 3.43. The molecule has 1 amide bonds. The molecule has 3 aromatic rings. The number of carbonyl (C=O) groups excluding carboxylic acids is 1. The molecule has 2 aromatic carbocycles. The summed E-state index contributed by atoms with van der Waals surface area (Å²) in [5, 5.41) is 6.25. The monoisotopic (exact) mass is 307 g/mol. The van der Waals surface area contributed by atoms with Crippen LogP contribution in [0.4, 0.5) is 0 Å². The zero-order valence-corrected chi connectivity index (χ0v) is 13.0. The molecule has 3 heteroatoms. The largest absolute Gasteiger partial charge is 0.349 e. The number of carbonyl (C=O) groups is 1. The first-order chi connectivity index (χ1) is 10.8. The van der Waals surface area contributed by atoms with Crippen molar-refractivity contribution in [2.24, 2.45) is 0 Å². The van der Waals surface area contributed by atoms with Crippen LogP contribution in [0.1, 0.15) is 27.9 Å². The first-order valence-electron chi connectivity index (χ1n) is 7.65. The van der Waals surface area contributed by atoms with Crippen LogP contribution < -0.4 is 5.32 Å². The van der Waals surface area contributed by atoms with E-state index in [0.717, 1.165) is 30.2 Å². The maximum absolute atomic E-state index is 12.6. The number of aryl methyl sites for hydroxylation is 1. The molecule has 1 heterocycles. The lowest BCUT2D eigenvalue weighted by Crippen LogP contribution is -2.38. The van der Waals surface area contributed by atoms with E-state index < -0.39 is 0 Å². The number of fused-ring (bicyclic) bond motifs is 2. The summed E-state index contributed by atoms with van der Waals surface area (Å²) in [7, 11) is 0. The molecule has 0 radical (unpaired) electrons. The van der Waals surface area contributed by atoms with Crippen LogP contribution in [0.5, 0.6) is 0 Å². The van der Waals surface area contributed by atoms with Gasteiger partial charge in [0.1, 0.15) is 0 Å². The van der Waals surface area contributed by atoms with Crippen molar-refractivity contribution in [1.29, 1.82) is 0 Å². The lowest BCUT2D eigenvalue weighted by molar-refractivity contribution is 0.0936. The highest BCUT2D eigenvalue weighted by Crippen LogP contribution is 2.26. The molecule has 2 nitrogen and oxygen atoms in total. The number of amides is 1. The van der Waals surface area contributed by atoms with E-state index in [1.54, 1.807) is 11.3 Å². The van der Waals surface area contributed by atoms with Crippen LogP contribution in [0.2, 0.25) is 0 Å². The lowest BCUT2D eigenvalue weighted by Gasteiger charge is -2.25. The minimum atomic E-state index is 0.0573. The van der Waals surface area contributed by atoms with Crippen molar-refractivity contribution in [2.75, 3.05) is 0 Å². The van der Waals surface area contributed by atoms with E-state index in [4.69, 9.17) is 0 Å². The highest BCUT2D eigenvalue weighted by molar-refractivity contribution is 7.17. The van der Waals surface area contributed by atoms with Gasteiger partial charge < -0.3 is 5.32 Å². The van der Waals surface area contributed by atoms with Gasteiger partial charge in [-0.2, -0.15) is 0 Å².